The first-order valence-corrected chi connectivity index (χ1v) is 20.4. The molecule has 0 spiro atoms. The fourth-order valence-electron chi connectivity index (χ4n) is 9.40. The van der Waals surface area contributed by atoms with E-state index in [9.17, 15) is 0 Å². The Morgan fingerprint density at radius 3 is 1.73 bits per heavy atom. The monoisotopic (exact) mass is 758 g/mol. The standard InChI is InChI=1S/C55H42N4/c1-36-20-23-41(24-21-36)55-56-28-29-57(55)54-37(2)30-40(31-38(54)3)32-39-22-26-52-48(33-39)46-16-7-10-19-51(46)59(52)45-15-11-12-42(34-45)43-25-27-53-49(35-43)47-17-8-9-18-50(47)58(53)44-13-5-4-6-14-44/h4-31,33-35H,32H2,1-3H3. The van der Waals surface area contributed by atoms with Gasteiger partial charge in [-0.25, -0.2) is 4.98 Å². The number of aromatic nitrogens is 4. The van der Waals surface area contributed by atoms with Gasteiger partial charge in [-0.3, -0.25) is 4.57 Å². The first-order valence-electron chi connectivity index (χ1n) is 20.4. The highest BCUT2D eigenvalue weighted by molar-refractivity contribution is 6.11. The van der Waals surface area contributed by atoms with Crippen molar-refractivity contribution in [1.82, 2.24) is 18.7 Å². The zero-order chi connectivity index (χ0) is 39.6. The van der Waals surface area contributed by atoms with E-state index in [1.165, 1.54) is 93.9 Å². The highest BCUT2D eigenvalue weighted by Crippen LogP contribution is 2.38. The maximum absolute atomic E-state index is 4.75. The highest BCUT2D eigenvalue weighted by atomic mass is 15.1. The topological polar surface area (TPSA) is 27.7 Å². The summed E-state index contributed by atoms with van der Waals surface area (Å²) in [6, 6.07) is 64.4. The number of para-hydroxylation sites is 3. The molecule has 0 aliphatic rings. The van der Waals surface area contributed by atoms with E-state index in [4.69, 9.17) is 4.98 Å². The molecule has 0 unspecified atom stereocenters. The minimum absolute atomic E-state index is 0.852. The quantitative estimate of drug-likeness (QED) is 0.159. The van der Waals surface area contributed by atoms with Crippen molar-refractivity contribution in [2.75, 3.05) is 0 Å². The maximum Gasteiger partial charge on any atom is 0.144 e. The number of hydrogen-bond acceptors (Lipinski definition) is 1. The Morgan fingerprint density at radius 2 is 1.00 bits per heavy atom. The fourth-order valence-corrected chi connectivity index (χ4v) is 9.40. The molecule has 11 aromatic rings. The van der Waals surface area contributed by atoms with Gasteiger partial charge in [-0.15, -0.1) is 0 Å². The Hall–Kier alpha value is -7.43. The Bertz CT molecular complexity index is 3350. The first-order chi connectivity index (χ1) is 29.0. The molecule has 0 fully saturated rings. The molecule has 11 rings (SSSR count). The SMILES string of the molecule is Cc1ccc(-c2nccn2-c2c(C)cc(Cc3ccc4c(c3)c3ccccc3n4-c3cccc(-c4ccc5c(c4)c4ccccc4n5-c4ccccc4)c3)cc2C)cc1. The molecule has 0 saturated heterocycles. The van der Waals surface area contributed by atoms with Gasteiger partial charge in [0, 0.05) is 50.9 Å². The Kier molecular flexibility index (Phi) is 8.19. The Morgan fingerprint density at radius 1 is 0.424 bits per heavy atom. The molecule has 4 heteroatoms. The van der Waals surface area contributed by atoms with Crippen molar-refractivity contribution in [3.63, 3.8) is 0 Å². The Labute approximate surface area is 343 Å². The van der Waals surface area contributed by atoms with Crippen LogP contribution in [-0.4, -0.2) is 18.7 Å². The molecule has 0 atom stereocenters. The average Bonchev–Trinajstić information content (AvgIpc) is 3.97. The lowest BCUT2D eigenvalue weighted by Crippen LogP contribution is -2.03. The number of imidazole rings is 1. The minimum Gasteiger partial charge on any atom is -0.309 e. The zero-order valence-corrected chi connectivity index (χ0v) is 33.4. The lowest BCUT2D eigenvalue weighted by molar-refractivity contribution is 1.02. The molecular formula is C55H42N4. The van der Waals surface area contributed by atoms with Crippen LogP contribution in [0.5, 0.6) is 0 Å². The van der Waals surface area contributed by atoms with Crippen molar-refractivity contribution < 1.29 is 0 Å². The number of nitrogens with zero attached hydrogens (tertiary/aromatic N) is 4. The van der Waals surface area contributed by atoms with Gasteiger partial charge in [-0.05, 0) is 121 Å². The van der Waals surface area contributed by atoms with Crippen LogP contribution in [0.2, 0.25) is 0 Å². The third-order valence-corrected chi connectivity index (χ3v) is 12.0. The van der Waals surface area contributed by atoms with Crippen LogP contribution < -0.4 is 0 Å². The normalized spacial score (nSPS) is 11.7. The number of aryl methyl sites for hydroxylation is 3. The van der Waals surface area contributed by atoms with E-state index in [-0.39, 0.29) is 0 Å². The van der Waals surface area contributed by atoms with Gasteiger partial charge in [0.25, 0.3) is 0 Å². The van der Waals surface area contributed by atoms with Crippen LogP contribution in [0.15, 0.2) is 188 Å². The molecule has 4 nitrogen and oxygen atoms in total. The van der Waals surface area contributed by atoms with Crippen LogP contribution in [0, 0.1) is 20.8 Å². The van der Waals surface area contributed by atoms with Crippen molar-refractivity contribution >= 4 is 43.6 Å². The van der Waals surface area contributed by atoms with E-state index in [1.54, 1.807) is 0 Å². The number of rotatable bonds is 7. The molecule has 3 aromatic heterocycles. The van der Waals surface area contributed by atoms with Gasteiger partial charge in [0.2, 0.25) is 0 Å². The summed E-state index contributed by atoms with van der Waals surface area (Å²) in [7, 11) is 0. The van der Waals surface area contributed by atoms with Crippen LogP contribution in [0.25, 0.3) is 83.2 Å². The predicted octanol–water partition coefficient (Wildman–Crippen LogP) is 13.9. The molecule has 0 aliphatic carbocycles. The van der Waals surface area contributed by atoms with Crippen LogP contribution >= 0.6 is 0 Å². The molecule has 3 heterocycles. The van der Waals surface area contributed by atoms with Crippen molar-refractivity contribution in [2.24, 2.45) is 0 Å². The fraction of sp³-hybridized carbons (Fsp3) is 0.0727. The summed E-state index contributed by atoms with van der Waals surface area (Å²) < 4.78 is 7.04. The second-order valence-electron chi connectivity index (χ2n) is 15.9. The van der Waals surface area contributed by atoms with Gasteiger partial charge in [0.15, 0.2) is 0 Å². The lowest BCUT2D eigenvalue weighted by atomic mass is 9.97. The van der Waals surface area contributed by atoms with Crippen LogP contribution in [0.1, 0.15) is 27.8 Å². The molecule has 0 bridgehead atoms. The third kappa shape index (κ3) is 5.87. The maximum atomic E-state index is 4.75. The molecule has 0 N–H and O–H groups in total. The third-order valence-electron chi connectivity index (χ3n) is 12.0. The molecular weight excluding hydrogens is 717 g/mol. The molecule has 282 valence electrons. The van der Waals surface area contributed by atoms with E-state index in [1.807, 2.05) is 6.20 Å². The first kappa shape index (κ1) is 34.8. The molecule has 0 saturated carbocycles. The van der Waals surface area contributed by atoms with Gasteiger partial charge >= 0.3 is 0 Å². The molecule has 59 heavy (non-hydrogen) atoms. The largest absolute Gasteiger partial charge is 0.309 e. The molecule has 8 aromatic carbocycles. The van der Waals surface area contributed by atoms with Crippen molar-refractivity contribution in [1.29, 1.82) is 0 Å². The van der Waals surface area contributed by atoms with E-state index >= 15 is 0 Å². The van der Waals surface area contributed by atoms with Crippen molar-refractivity contribution in [2.45, 2.75) is 27.2 Å². The second kappa shape index (κ2) is 13.9. The Balaban J connectivity index is 0.953. The average molecular weight is 759 g/mol. The highest BCUT2D eigenvalue weighted by Gasteiger charge is 2.17. The van der Waals surface area contributed by atoms with Crippen molar-refractivity contribution in [3.05, 3.63) is 216 Å². The van der Waals surface area contributed by atoms with Crippen molar-refractivity contribution in [3.8, 4) is 39.6 Å². The van der Waals surface area contributed by atoms with E-state index in [2.05, 4.69) is 217 Å². The number of benzene rings is 8. The second-order valence-corrected chi connectivity index (χ2v) is 15.9. The number of fused-ring (bicyclic) bond motifs is 6. The summed E-state index contributed by atoms with van der Waals surface area (Å²) in [5.74, 6) is 0.963. The molecule has 0 amide bonds. The van der Waals surface area contributed by atoms with Crippen LogP contribution in [0.4, 0.5) is 0 Å². The zero-order valence-electron chi connectivity index (χ0n) is 33.4. The summed E-state index contributed by atoms with van der Waals surface area (Å²) in [6.45, 7) is 6.56. The van der Waals surface area contributed by atoms with E-state index < -0.39 is 0 Å². The van der Waals surface area contributed by atoms with Gasteiger partial charge in [-0.2, -0.15) is 0 Å². The molecule has 0 aliphatic heterocycles. The molecule has 0 radical (unpaired) electrons. The van der Waals surface area contributed by atoms with Gasteiger partial charge < -0.3 is 9.13 Å². The van der Waals surface area contributed by atoms with Gasteiger partial charge in [0.1, 0.15) is 5.82 Å². The predicted molar refractivity (Wildman–Crippen MR) is 247 cm³/mol. The summed E-state index contributed by atoms with van der Waals surface area (Å²) in [5.41, 5.74) is 18.2. The van der Waals surface area contributed by atoms with Gasteiger partial charge in [-0.1, -0.05) is 121 Å². The van der Waals surface area contributed by atoms with E-state index in [0.29, 0.717) is 0 Å². The smallest absolute Gasteiger partial charge is 0.144 e. The summed E-state index contributed by atoms with van der Waals surface area (Å²) in [5, 5.41) is 5.04. The lowest BCUT2D eigenvalue weighted by Gasteiger charge is -2.16. The van der Waals surface area contributed by atoms with E-state index in [0.717, 1.165) is 23.5 Å². The van der Waals surface area contributed by atoms with Gasteiger partial charge in [0.05, 0.1) is 27.8 Å². The van der Waals surface area contributed by atoms with Crippen LogP contribution in [0.3, 0.4) is 0 Å². The minimum atomic E-state index is 0.852. The summed E-state index contributed by atoms with van der Waals surface area (Å²) >= 11 is 0. The number of hydrogen-bond donors (Lipinski definition) is 0. The summed E-state index contributed by atoms with van der Waals surface area (Å²) in [6.07, 6.45) is 4.83. The summed E-state index contributed by atoms with van der Waals surface area (Å²) in [4.78, 5) is 4.75. The van der Waals surface area contributed by atoms with Crippen LogP contribution in [-0.2, 0) is 6.42 Å².